The number of benzene rings is 1. The number of hydrogen-bond acceptors (Lipinski definition) is 2. The van der Waals surface area contributed by atoms with E-state index in [4.69, 9.17) is 0 Å². The molecule has 2 aliphatic rings. The monoisotopic (exact) mass is 264 g/mol. The van der Waals surface area contributed by atoms with Gasteiger partial charge in [-0.2, -0.15) is 5.10 Å². The second-order valence-corrected chi connectivity index (χ2v) is 5.70. The molecule has 3 nitrogen and oxygen atoms in total. The minimum Gasteiger partial charge on any atom is -0.272 e. The van der Waals surface area contributed by atoms with Crippen molar-refractivity contribution >= 4 is 5.91 Å². The lowest BCUT2D eigenvalue weighted by Gasteiger charge is -2.27. The third kappa shape index (κ3) is 1.66. The Balaban J connectivity index is 1.74. The molecule has 0 N–H and O–H groups in total. The largest absolute Gasteiger partial charge is 0.272 e. The fourth-order valence-electron chi connectivity index (χ4n) is 3.84. The minimum absolute atomic E-state index is 0.0206. The Kier molecular flexibility index (Phi) is 2.59. The van der Waals surface area contributed by atoms with Crippen LogP contribution in [0.4, 0.5) is 0 Å². The van der Waals surface area contributed by atoms with Crippen molar-refractivity contribution in [1.82, 2.24) is 9.78 Å². The summed E-state index contributed by atoms with van der Waals surface area (Å²) in [5, 5.41) is 4.12. The van der Waals surface area contributed by atoms with Crippen LogP contribution in [0.3, 0.4) is 0 Å². The van der Waals surface area contributed by atoms with Crippen molar-refractivity contribution in [2.75, 3.05) is 0 Å². The molecule has 0 aliphatic heterocycles. The van der Waals surface area contributed by atoms with E-state index in [1.165, 1.54) is 10.2 Å². The van der Waals surface area contributed by atoms with E-state index in [9.17, 15) is 4.79 Å². The van der Waals surface area contributed by atoms with Crippen LogP contribution in [-0.4, -0.2) is 15.7 Å². The summed E-state index contributed by atoms with van der Waals surface area (Å²) in [5.41, 5.74) is 1.27. The van der Waals surface area contributed by atoms with Crippen molar-refractivity contribution in [3.05, 3.63) is 66.5 Å². The van der Waals surface area contributed by atoms with Gasteiger partial charge in [-0.1, -0.05) is 42.5 Å². The summed E-state index contributed by atoms with van der Waals surface area (Å²) in [6, 6.07) is 12.2. The van der Waals surface area contributed by atoms with Crippen molar-refractivity contribution in [2.45, 2.75) is 12.3 Å². The van der Waals surface area contributed by atoms with Crippen LogP contribution in [-0.2, 0) is 0 Å². The summed E-state index contributed by atoms with van der Waals surface area (Å²) in [6.07, 6.45) is 9.02. The zero-order valence-corrected chi connectivity index (χ0v) is 11.1. The van der Waals surface area contributed by atoms with Crippen LogP contribution in [0.1, 0.15) is 22.7 Å². The third-order valence-corrected chi connectivity index (χ3v) is 4.66. The molecule has 1 fully saturated rings. The van der Waals surface area contributed by atoms with Gasteiger partial charge in [-0.3, -0.25) is 4.79 Å². The summed E-state index contributed by atoms with van der Waals surface area (Å²) >= 11 is 0. The molecule has 0 radical (unpaired) electrons. The number of allylic oxidation sites excluding steroid dienone is 2. The highest BCUT2D eigenvalue weighted by atomic mass is 16.2. The summed E-state index contributed by atoms with van der Waals surface area (Å²) in [4.78, 5) is 12.7. The normalized spacial score (nSPS) is 30.8. The van der Waals surface area contributed by atoms with Gasteiger partial charge in [-0.15, -0.1) is 0 Å². The van der Waals surface area contributed by atoms with Crippen molar-refractivity contribution in [1.29, 1.82) is 0 Å². The zero-order chi connectivity index (χ0) is 13.5. The molecule has 2 aromatic rings. The Morgan fingerprint density at radius 3 is 2.65 bits per heavy atom. The van der Waals surface area contributed by atoms with E-state index in [1.807, 2.05) is 6.07 Å². The van der Waals surface area contributed by atoms with E-state index >= 15 is 0 Å². The van der Waals surface area contributed by atoms with E-state index < -0.39 is 0 Å². The molecule has 4 atom stereocenters. The Hall–Kier alpha value is -2.16. The van der Waals surface area contributed by atoms with Gasteiger partial charge in [-0.05, 0) is 29.9 Å². The van der Waals surface area contributed by atoms with Gasteiger partial charge in [0.15, 0.2) is 0 Å². The van der Waals surface area contributed by atoms with Crippen molar-refractivity contribution in [3.8, 4) is 0 Å². The lowest BCUT2D eigenvalue weighted by molar-refractivity contribution is 0.0781. The van der Waals surface area contributed by atoms with E-state index in [0.29, 0.717) is 17.8 Å². The molecular weight excluding hydrogens is 248 g/mol. The molecule has 100 valence electrons. The fraction of sp³-hybridized carbons (Fsp3) is 0.294. The number of fused-ring (bicyclic) bond motifs is 2. The SMILES string of the molecule is O=C([C@@H]1[C@@H](c2ccccc2)[C@@H]2C=C[C@H]1C2)n1cccn1. The van der Waals surface area contributed by atoms with Crippen LogP contribution >= 0.6 is 0 Å². The highest BCUT2D eigenvalue weighted by Gasteiger charge is 2.49. The molecule has 3 heteroatoms. The van der Waals surface area contributed by atoms with Crippen LogP contribution in [0.2, 0.25) is 0 Å². The fourth-order valence-corrected chi connectivity index (χ4v) is 3.84. The average Bonchev–Trinajstić information content (AvgIpc) is 3.22. The second kappa shape index (κ2) is 4.44. The third-order valence-electron chi connectivity index (χ3n) is 4.66. The number of hydrogen-bond donors (Lipinski definition) is 0. The molecule has 0 amide bonds. The smallest absolute Gasteiger partial charge is 0.251 e. The first-order valence-electron chi connectivity index (χ1n) is 7.12. The maximum absolute atomic E-state index is 12.7. The number of carbonyl (C=O) groups excluding carboxylic acids is 1. The summed E-state index contributed by atoms with van der Waals surface area (Å²) in [7, 11) is 0. The summed E-state index contributed by atoms with van der Waals surface area (Å²) in [5.74, 6) is 1.30. The van der Waals surface area contributed by atoms with Crippen molar-refractivity contribution < 1.29 is 4.79 Å². The van der Waals surface area contributed by atoms with Crippen LogP contribution in [0.25, 0.3) is 0 Å². The summed E-state index contributed by atoms with van der Waals surface area (Å²) < 4.78 is 1.50. The average molecular weight is 264 g/mol. The Morgan fingerprint density at radius 1 is 1.10 bits per heavy atom. The number of carbonyl (C=O) groups is 1. The van der Waals surface area contributed by atoms with Gasteiger partial charge in [0.25, 0.3) is 5.91 Å². The lowest BCUT2D eigenvalue weighted by atomic mass is 9.78. The topological polar surface area (TPSA) is 34.9 Å². The number of rotatable bonds is 2. The first-order valence-corrected chi connectivity index (χ1v) is 7.12. The highest BCUT2D eigenvalue weighted by Crippen LogP contribution is 2.53. The van der Waals surface area contributed by atoms with Gasteiger partial charge < -0.3 is 0 Å². The van der Waals surface area contributed by atoms with Gasteiger partial charge in [0.1, 0.15) is 0 Å². The van der Waals surface area contributed by atoms with E-state index in [1.54, 1.807) is 18.5 Å². The molecule has 1 aromatic carbocycles. The maximum Gasteiger partial charge on any atom is 0.251 e. The van der Waals surface area contributed by atoms with E-state index in [2.05, 4.69) is 41.5 Å². The quantitative estimate of drug-likeness (QED) is 0.781. The molecule has 20 heavy (non-hydrogen) atoms. The van der Waals surface area contributed by atoms with Gasteiger partial charge >= 0.3 is 0 Å². The number of aromatic nitrogens is 2. The number of nitrogens with zero attached hydrogens (tertiary/aromatic N) is 2. The predicted molar refractivity (Wildman–Crippen MR) is 76.3 cm³/mol. The molecule has 1 saturated carbocycles. The van der Waals surface area contributed by atoms with Crippen molar-refractivity contribution in [2.24, 2.45) is 17.8 Å². The maximum atomic E-state index is 12.7. The zero-order valence-electron chi connectivity index (χ0n) is 11.1. The molecule has 1 heterocycles. The Labute approximate surface area is 117 Å². The van der Waals surface area contributed by atoms with Crippen LogP contribution in [0.15, 0.2) is 60.9 Å². The minimum atomic E-state index is 0.0206. The Morgan fingerprint density at radius 2 is 1.90 bits per heavy atom. The first kappa shape index (κ1) is 11.6. The van der Waals surface area contributed by atoms with Gasteiger partial charge in [-0.25, -0.2) is 4.68 Å². The predicted octanol–water partition coefficient (Wildman–Crippen LogP) is 3.13. The second-order valence-electron chi connectivity index (χ2n) is 5.70. The van der Waals surface area contributed by atoms with E-state index in [-0.39, 0.29) is 11.8 Å². The molecule has 4 rings (SSSR count). The van der Waals surface area contributed by atoms with Crippen LogP contribution in [0.5, 0.6) is 0 Å². The van der Waals surface area contributed by atoms with Gasteiger partial charge in [0.2, 0.25) is 0 Å². The molecule has 0 spiro atoms. The highest BCUT2D eigenvalue weighted by molar-refractivity contribution is 5.83. The van der Waals surface area contributed by atoms with Gasteiger partial charge in [0.05, 0.1) is 5.92 Å². The van der Waals surface area contributed by atoms with Crippen LogP contribution in [0, 0.1) is 17.8 Å². The summed E-state index contributed by atoms with van der Waals surface area (Å²) in [6.45, 7) is 0. The van der Waals surface area contributed by atoms with Gasteiger partial charge in [0, 0.05) is 18.3 Å². The standard InChI is InChI=1S/C17H16N2O/c20-17(19-10-4-9-18-19)16-14-8-7-13(11-14)15(16)12-5-2-1-3-6-12/h1-10,13-16H,11H2/t13-,14+,15+,16+/m1/s1. The Bertz CT molecular complexity index is 645. The van der Waals surface area contributed by atoms with Crippen LogP contribution < -0.4 is 0 Å². The molecule has 2 bridgehead atoms. The molecule has 1 aromatic heterocycles. The first-order chi connectivity index (χ1) is 9.84. The molecule has 2 aliphatic carbocycles. The van der Waals surface area contributed by atoms with Crippen molar-refractivity contribution in [3.63, 3.8) is 0 Å². The molecule has 0 saturated heterocycles. The molecular formula is C17H16N2O. The van der Waals surface area contributed by atoms with E-state index in [0.717, 1.165) is 6.42 Å². The molecule has 0 unspecified atom stereocenters. The lowest BCUT2D eigenvalue weighted by Crippen LogP contribution is -2.30.